The molecule has 0 saturated carbocycles. The molecule has 114 valence electrons. The van der Waals surface area contributed by atoms with Crippen LogP contribution in [0.15, 0.2) is 44.7 Å². The van der Waals surface area contributed by atoms with Gasteiger partial charge in [0.05, 0.1) is 33.9 Å². The molecule has 0 fully saturated rings. The van der Waals surface area contributed by atoms with Gasteiger partial charge in [0, 0.05) is 11.5 Å². The first-order chi connectivity index (χ1) is 10.9. The first-order valence-electron chi connectivity index (χ1n) is 6.15. The molecule has 0 bridgehead atoms. The van der Waals surface area contributed by atoms with E-state index in [1.54, 1.807) is 8.47 Å². The highest BCUT2D eigenvalue weighted by molar-refractivity contribution is 8.50. The third kappa shape index (κ3) is 3.16. The van der Waals surface area contributed by atoms with Crippen molar-refractivity contribution in [1.29, 1.82) is 0 Å². The van der Waals surface area contributed by atoms with Gasteiger partial charge in [-0.1, -0.05) is 94.1 Å². The van der Waals surface area contributed by atoms with Crippen LogP contribution < -0.4 is 0 Å². The second-order valence-corrected chi connectivity index (χ2v) is 16.4. The summed E-state index contributed by atoms with van der Waals surface area (Å²) in [4.78, 5) is 0. The van der Waals surface area contributed by atoms with Gasteiger partial charge in [-0.25, -0.2) is 0 Å². The fourth-order valence-electron chi connectivity index (χ4n) is 1.86. The van der Waals surface area contributed by atoms with Crippen molar-refractivity contribution in [3.05, 3.63) is 44.7 Å². The molecule has 0 amide bonds. The number of hydrogen-bond acceptors (Lipinski definition) is 10. The zero-order chi connectivity index (χ0) is 14.5. The summed E-state index contributed by atoms with van der Waals surface area (Å²) >= 11 is 19.7. The molecule has 10 heteroatoms. The summed E-state index contributed by atoms with van der Waals surface area (Å²) in [5, 5.41) is 4.37. The zero-order valence-electron chi connectivity index (χ0n) is 10.7. The van der Waals surface area contributed by atoms with Gasteiger partial charge in [-0.05, 0) is 10.8 Å². The Balaban J connectivity index is 1.31. The van der Waals surface area contributed by atoms with Crippen LogP contribution in [0.1, 0.15) is 0 Å². The molecular formula is C12H6S10. The summed E-state index contributed by atoms with van der Waals surface area (Å²) in [7, 11) is 0. The summed E-state index contributed by atoms with van der Waals surface area (Å²) in [5.41, 5.74) is 0. The molecule has 0 saturated heterocycles. The van der Waals surface area contributed by atoms with Crippen molar-refractivity contribution in [2.24, 2.45) is 0 Å². The minimum atomic E-state index is 1.26. The van der Waals surface area contributed by atoms with E-state index in [2.05, 4.69) is 10.8 Å². The second kappa shape index (κ2) is 7.08. The van der Waals surface area contributed by atoms with Gasteiger partial charge in [0.2, 0.25) is 0 Å². The number of hydrogen-bond donors (Lipinski definition) is 0. The zero-order valence-corrected chi connectivity index (χ0v) is 18.8. The van der Waals surface area contributed by atoms with E-state index in [0.29, 0.717) is 0 Å². The van der Waals surface area contributed by atoms with E-state index in [9.17, 15) is 0 Å². The van der Waals surface area contributed by atoms with Crippen LogP contribution >= 0.6 is 118 Å². The quantitative estimate of drug-likeness (QED) is 0.337. The maximum absolute atomic E-state index is 2.18. The predicted octanol–water partition coefficient (Wildman–Crippen LogP) is 8.36. The fraction of sp³-hybridized carbons (Fsp3) is 0.167. The predicted molar refractivity (Wildman–Crippen MR) is 123 cm³/mol. The van der Waals surface area contributed by atoms with Crippen LogP contribution in [0.5, 0.6) is 0 Å². The van der Waals surface area contributed by atoms with Crippen LogP contribution in [-0.2, 0) is 0 Å². The highest BCUT2D eigenvalue weighted by Crippen LogP contribution is 2.72. The van der Waals surface area contributed by atoms with Crippen LogP contribution in [0, 0.1) is 0 Å². The maximum Gasteiger partial charge on any atom is 0.0718 e. The minimum Gasteiger partial charge on any atom is -0.116 e. The molecule has 0 radical (unpaired) electrons. The highest BCUT2D eigenvalue weighted by Gasteiger charge is 2.36. The molecule has 0 aromatic heterocycles. The van der Waals surface area contributed by atoms with Crippen LogP contribution in [0.25, 0.3) is 0 Å². The largest absolute Gasteiger partial charge is 0.116 e. The molecule has 0 N–H and O–H groups in total. The van der Waals surface area contributed by atoms with Gasteiger partial charge >= 0.3 is 0 Å². The summed E-state index contributed by atoms with van der Waals surface area (Å²) in [6.45, 7) is 0. The molecule has 5 heterocycles. The average molecular weight is 471 g/mol. The average Bonchev–Trinajstić information content (AvgIpc) is 3.27. The van der Waals surface area contributed by atoms with Crippen LogP contribution in [-0.4, -0.2) is 11.5 Å². The Morgan fingerprint density at radius 3 is 1.27 bits per heavy atom. The Bertz CT molecular complexity index is 657. The molecule has 0 aromatic carbocycles. The van der Waals surface area contributed by atoms with E-state index >= 15 is 0 Å². The third-order valence-corrected chi connectivity index (χ3v) is 17.3. The lowest BCUT2D eigenvalue weighted by Crippen LogP contribution is -1.88. The maximum atomic E-state index is 2.18. The van der Waals surface area contributed by atoms with Crippen molar-refractivity contribution in [1.82, 2.24) is 0 Å². The number of rotatable bonds is 0. The topological polar surface area (TPSA) is 0 Å². The lowest BCUT2D eigenvalue weighted by molar-refractivity contribution is 1.56. The van der Waals surface area contributed by atoms with Crippen molar-refractivity contribution in [3.8, 4) is 0 Å². The van der Waals surface area contributed by atoms with E-state index in [1.165, 1.54) is 36.9 Å². The minimum absolute atomic E-state index is 1.26. The first kappa shape index (κ1) is 16.4. The monoisotopic (exact) mass is 470 g/mol. The van der Waals surface area contributed by atoms with Gasteiger partial charge < -0.3 is 0 Å². The van der Waals surface area contributed by atoms with E-state index in [0.717, 1.165) is 0 Å². The lowest BCUT2D eigenvalue weighted by atomic mass is 11.0. The second-order valence-electron chi connectivity index (χ2n) is 4.12. The molecule has 0 aromatic rings. The van der Waals surface area contributed by atoms with E-state index in [-0.39, 0.29) is 0 Å². The smallest absolute Gasteiger partial charge is 0.0718 e. The Hall–Kier alpha value is 2.20. The van der Waals surface area contributed by atoms with Gasteiger partial charge in [0.15, 0.2) is 0 Å². The van der Waals surface area contributed by atoms with Gasteiger partial charge in [-0.2, -0.15) is 0 Å². The van der Waals surface area contributed by atoms with Crippen molar-refractivity contribution in [3.63, 3.8) is 0 Å². The molecule has 0 unspecified atom stereocenters. The third-order valence-electron chi connectivity index (χ3n) is 2.73. The number of thioether (sulfide) groups is 10. The van der Waals surface area contributed by atoms with Gasteiger partial charge in [0.1, 0.15) is 0 Å². The van der Waals surface area contributed by atoms with Crippen molar-refractivity contribution in [2.45, 2.75) is 0 Å². The summed E-state index contributed by atoms with van der Waals surface area (Å²) in [6.07, 6.45) is 0. The SMILES string of the molecule is C1=CSC(=C2SC3=C(S2)SC(=C2SC4=C(SCCS4)S2)S3)S1. The van der Waals surface area contributed by atoms with E-state index < -0.39 is 0 Å². The summed E-state index contributed by atoms with van der Waals surface area (Å²) in [6, 6.07) is 0. The molecule has 0 spiro atoms. The highest BCUT2D eigenvalue weighted by atomic mass is 32.3. The van der Waals surface area contributed by atoms with Gasteiger partial charge in [0.25, 0.3) is 0 Å². The van der Waals surface area contributed by atoms with Gasteiger partial charge in [-0.15, -0.1) is 23.5 Å². The Labute approximate surface area is 172 Å². The summed E-state index contributed by atoms with van der Waals surface area (Å²) in [5.74, 6) is 2.53. The summed E-state index contributed by atoms with van der Waals surface area (Å²) < 4.78 is 12.0. The Morgan fingerprint density at radius 2 is 0.818 bits per heavy atom. The molecule has 22 heavy (non-hydrogen) atoms. The van der Waals surface area contributed by atoms with Crippen molar-refractivity contribution < 1.29 is 0 Å². The Kier molecular flexibility index (Phi) is 5.27. The lowest BCUT2D eigenvalue weighted by Gasteiger charge is -2.08. The van der Waals surface area contributed by atoms with Gasteiger partial charge in [-0.3, -0.25) is 0 Å². The molecule has 0 atom stereocenters. The van der Waals surface area contributed by atoms with Crippen molar-refractivity contribution in [2.75, 3.05) is 11.5 Å². The normalized spacial score (nSPS) is 27.6. The van der Waals surface area contributed by atoms with Crippen LogP contribution in [0.3, 0.4) is 0 Å². The molecule has 5 aliphatic heterocycles. The molecule has 0 nitrogen and oxygen atoms in total. The molecule has 0 aliphatic carbocycles. The van der Waals surface area contributed by atoms with Crippen molar-refractivity contribution >= 4 is 118 Å². The molecule has 5 aliphatic rings. The van der Waals surface area contributed by atoms with Crippen LogP contribution in [0.2, 0.25) is 0 Å². The van der Waals surface area contributed by atoms with Crippen LogP contribution in [0.4, 0.5) is 0 Å². The molecular weight excluding hydrogens is 465 g/mol. The van der Waals surface area contributed by atoms with E-state index in [1.807, 2.05) is 118 Å². The fourth-order valence-corrected chi connectivity index (χ4v) is 16.6. The standard InChI is InChI=1S/C12H6S10/c1-2-14-5(13-1)8-19-11-12(20-8)22-10(21-11)9-17-6-7(18-9)16-4-3-15-6/h1-2H,3-4H2. The molecule has 5 rings (SSSR count). The first-order valence-corrected chi connectivity index (χ1v) is 14.8. The van der Waals surface area contributed by atoms with E-state index in [4.69, 9.17) is 0 Å². The Morgan fingerprint density at radius 1 is 0.455 bits per heavy atom.